The number of hydrogen-bond donors (Lipinski definition) is 4. The summed E-state index contributed by atoms with van der Waals surface area (Å²) < 4.78 is 5.46. The average Bonchev–Trinajstić information content (AvgIpc) is 3.43. The molecule has 5 rings (SSSR count). The van der Waals surface area contributed by atoms with Crippen LogP contribution in [0.1, 0.15) is 29.3 Å². The van der Waals surface area contributed by atoms with Gasteiger partial charge in [-0.2, -0.15) is 5.21 Å². The van der Waals surface area contributed by atoms with E-state index in [1.807, 2.05) is 6.92 Å². The number of aromatic amines is 1. The number of halogens is 1. The Balaban J connectivity index is 0.000000271. The van der Waals surface area contributed by atoms with Crippen molar-refractivity contribution in [3.63, 3.8) is 0 Å². The van der Waals surface area contributed by atoms with Crippen molar-refractivity contribution >= 4 is 58.8 Å². The number of aromatic nitrogens is 5. The summed E-state index contributed by atoms with van der Waals surface area (Å²) in [7, 11) is 0. The number of carbonyl (C=O) groups excluding carboxylic acids is 4. The third kappa shape index (κ3) is 7.14. The maximum absolute atomic E-state index is 13.1. The van der Waals surface area contributed by atoms with Crippen LogP contribution in [-0.2, 0) is 20.8 Å². The quantitative estimate of drug-likeness (QED) is 0.160. The molecule has 1 saturated heterocycles. The summed E-state index contributed by atoms with van der Waals surface area (Å²) in [5.41, 5.74) is 11.9. The Morgan fingerprint density at radius 3 is 2.73 bits per heavy atom. The highest BCUT2D eigenvalue weighted by Crippen LogP contribution is 2.43. The second kappa shape index (κ2) is 13.0. The molecule has 0 saturated carbocycles. The third-order valence-corrected chi connectivity index (χ3v) is 8.38. The smallest absolute Gasteiger partial charge is 0.360 e. The number of phenolic OH excluding ortho intramolecular Hbond substituents is 1. The van der Waals surface area contributed by atoms with Crippen LogP contribution in [0.15, 0.2) is 53.1 Å². The van der Waals surface area contributed by atoms with Crippen molar-refractivity contribution in [2.24, 2.45) is 11.5 Å². The number of ether oxygens (including phenoxy) is 1. The van der Waals surface area contributed by atoms with E-state index < -0.39 is 17.8 Å². The molecule has 3 aromatic rings. The van der Waals surface area contributed by atoms with Crippen molar-refractivity contribution in [1.82, 2.24) is 30.5 Å². The number of tetrazole rings is 1. The molecule has 2 aliphatic rings. The molecule has 1 unspecified atom stereocenters. The summed E-state index contributed by atoms with van der Waals surface area (Å²) >= 11 is 8.48. The molecule has 214 valence electrons. The molecule has 14 nitrogen and oxygen atoms in total. The van der Waals surface area contributed by atoms with Crippen molar-refractivity contribution in [2.45, 2.75) is 35.5 Å². The summed E-state index contributed by atoms with van der Waals surface area (Å²) in [6.07, 6.45) is 3.11. The van der Waals surface area contributed by atoms with Gasteiger partial charge in [-0.3, -0.25) is 24.3 Å². The zero-order valence-corrected chi connectivity index (χ0v) is 23.7. The SMILES string of the molecule is CC(Sc1nn[nH]n1)C1=C(C(=O)Oc2ccncc2C(N)=O)N2C(=O)C[C@@H]2SC1.NC(=O)Cc1ccc(O)c(Cl)c1. The first-order valence-electron chi connectivity index (χ1n) is 11.8. The Morgan fingerprint density at radius 1 is 1.32 bits per heavy atom. The fourth-order valence-electron chi connectivity index (χ4n) is 3.84. The summed E-state index contributed by atoms with van der Waals surface area (Å²) in [6.45, 7) is 1.88. The van der Waals surface area contributed by atoms with Gasteiger partial charge < -0.3 is 21.3 Å². The predicted octanol–water partition coefficient (Wildman–Crippen LogP) is 1.41. The van der Waals surface area contributed by atoms with E-state index >= 15 is 0 Å². The van der Waals surface area contributed by atoms with E-state index in [0.29, 0.717) is 28.5 Å². The summed E-state index contributed by atoms with van der Waals surface area (Å²) in [5.74, 6) is -1.54. The minimum absolute atomic E-state index is 0.00453. The second-order valence-electron chi connectivity index (χ2n) is 8.62. The lowest BCUT2D eigenvalue weighted by Gasteiger charge is -2.45. The van der Waals surface area contributed by atoms with E-state index in [9.17, 15) is 19.2 Å². The van der Waals surface area contributed by atoms with E-state index in [4.69, 9.17) is 32.9 Å². The molecule has 4 heterocycles. The van der Waals surface area contributed by atoms with Gasteiger partial charge in [0, 0.05) is 29.5 Å². The highest BCUT2D eigenvalue weighted by atomic mass is 35.5. The van der Waals surface area contributed by atoms with Crippen LogP contribution in [0.4, 0.5) is 0 Å². The molecule has 0 aliphatic carbocycles. The maximum Gasteiger partial charge on any atom is 0.360 e. The van der Waals surface area contributed by atoms with Crippen molar-refractivity contribution in [3.8, 4) is 11.5 Å². The molecule has 1 fully saturated rings. The van der Waals surface area contributed by atoms with Gasteiger partial charge in [0.05, 0.1) is 23.2 Å². The number of carbonyl (C=O) groups is 4. The van der Waals surface area contributed by atoms with Gasteiger partial charge in [0.25, 0.3) is 5.91 Å². The zero-order chi connectivity index (χ0) is 29.7. The zero-order valence-electron chi connectivity index (χ0n) is 21.3. The third-order valence-electron chi connectivity index (χ3n) is 5.81. The number of primary amides is 2. The lowest BCUT2D eigenvalue weighted by molar-refractivity contribution is -0.145. The number of pyridine rings is 1. The molecule has 3 amide bonds. The van der Waals surface area contributed by atoms with Crippen molar-refractivity contribution in [1.29, 1.82) is 0 Å². The number of esters is 1. The van der Waals surface area contributed by atoms with Gasteiger partial charge in [-0.15, -0.1) is 22.0 Å². The Bertz CT molecular complexity index is 1520. The fourth-order valence-corrected chi connectivity index (χ4v) is 6.37. The van der Waals surface area contributed by atoms with Crippen LogP contribution < -0.4 is 16.2 Å². The van der Waals surface area contributed by atoms with E-state index in [0.717, 1.165) is 0 Å². The Hall–Kier alpha value is -4.15. The summed E-state index contributed by atoms with van der Waals surface area (Å²) in [6, 6.07) is 5.93. The number of nitrogens with two attached hydrogens (primary N) is 2. The summed E-state index contributed by atoms with van der Waals surface area (Å²) in [4.78, 5) is 52.7. The van der Waals surface area contributed by atoms with Gasteiger partial charge in [-0.1, -0.05) is 29.4 Å². The fraction of sp³-hybridized carbons (Fsp3) is 0.250. The number of nitrogens with one attached hydrogen (secondary N) is 1. The van der Waals surface area contributed by atoms with Crippen LogP contribution in [0, 0.1) is 0 Å². The minimum Gasteiger partial charge on any atom is -0.506 e. The molecule has 6 N–H and O–H groups in total. The number of aromatic hydroxyl groups is 1. The number of thioether (sulfide) groups is 2. The van der Waals surface area contributed by atoms with Gasteiger partial charge in [-0.05, 0) is 35.4 Å². The lowest BCUT2D eigenvalue weighted by Crippen LogP contribution is -2.55. The standard InChI is InChI=1S/C16H15N7O4S2.C8H8ClNO2/c1-7(29-16-19-21-22-20-16)9-6-28-12-4-11(24)23(12)13(9)15(26)27-10-2-3-18-5-8(10)14(17)25;9-6-3-5(4-8(10)12)1-2-7(6)11/h2-3,5,7,12H,4,6H2,1H3,(H2,17,25)(H,19,20,21,22);1-3,11H,4H2,(H2,10,12)/t7?,12-;/m0./s1. The molecule has 0 bridgehead atoms. The van der Waals surface area contributed by atoms with Crippen molar-refractivity contribution < 1.29 is 29.0 Å². The van der Waals surface area contributed by atoms with Crippen LogP contribution in [0.5, 0.6) is 11.5 Å². The van der Waals surface area contributed by atoms with Crippen LogP contribution in [0.3, 0.4) is 0 Å². The van der Waals surface area contributed by atoms with E-state index in [1.165, 1.54) is 47.3 Å². The number of fused-ring (bicyclic) bond motifs is 1. The average molecular weight is 619 g/mol. The Kier molecular flexibility index (Phi) is 9.46. The molecule has 2 atom stereocenters. The first-order chi connectivity index (χ1) is 19.5. The molecule has 0 radical (unpaired) electrons. The van der Waals surface area contributed by atoms with Gasteiger partial charge in [0.2, 0.25) is 17.0 Å². The second-order valence-corrected chi connectivity index (χ2v) is 11.5. The molecular formula is C24H23ClN8O6S2. The van der Waals surface area contributed by atoms with Gasteiger partial charge in [-0.25, -0.2) is 4.79 Å². The summed E-state index contributed by atoms with van der Waals surface area (Å²) in [5, 5.41) is 23.1. The monoisotopic (exact) mass is 618 g/mol. The lowest BCUT2D eigenvalue weighted by atomic mass is 10.1. The molecule has 41 heavy (non-hydrogen) atoms. The Morgan fingerprint density at radius 2 is 2.10 bits per heavy atom. The number of amides is 3. The van der Waals surface area contributed by atoms with E-state index in [-0.39, 0.29) is 50.7 Å². The van der Waals surface area contributed by atoms with E-state index in [1.54, 1.807) is 17.8 Å². The van der Waals surface area contributed by atoms with Crippen LogP contribution in [0.25, 0.3) is 0 Å². The molecular weight excluding hydrogens is 596 g/mol. The van der Waals surface area contributed by atoms with Crippen molar-refractivity contribution in [3.05, 3.63) is 64.1 Å². The largest absolute Gasteiger partial charge is 0.506 e. The molecule has 2 aliphatic heterocycles. The minimum atomic E-state index is -0.770. The van der Waals surface area contributed by atoms with Crippen molar-refractivity contribution in [2.75, 3.05) is 5.75 Å². The van der Waals surface area contributed by atoms with Crippen LogP contribution >= 0.6 is 35.1 Å². The first kappa shape index (κ1) is 29.8. The van der Waals surface area contributed by atoms with Crippen LogP contribution in [0.2, 0.25) is 5.02 Å². The number of rotatable bonds is 8. The van der Waals surface area contributed by atoms with Gasteiger partial charge in [0.1, 0.15) is 22.8 Å². The van der Waals surface area contributed by atoms with Gasteiger partial charge in [0.15, 0.2) is 0 Å². The molecule has 0 spiro atoms. The topological polar surface area (TPSA) is 220 Å². The number of H-pyrrole nitrogens is 1. The predicted molar refractivity (Wildman–Crippen MR) is 149 cm³/mol. The Labute approximate surface area is 246 Å². The molecule has 1 aromatic carbocycles. The number of nitrogens with zero attached hydrogens (tertiary/aromatic N) is 5. The van der Waals surface area contributed by atoms with Gasteiger partial charge >= 0.3 is 5.97 Å². The highest BCUT2D eigenvalue weighted by Gasteiger charge is 2.47. The highest BCUT2D eigenvalue weighted by molar-refractivity contribution is 8.01. The maximum atomic E-state index is 13.1. The molecule has 2 aromatic heterocycles. The van der Waals surface area contributed by atoms with E-state index in [2.05, 4.69) is 25.6 Å². The number of phenols is 1. The number of benzene rings is 1. The van der Waals surface area contributed by atoms with Crippen LogP contribution in [-0.4, -0.2) is 75.7 Å². The first-order valence-corrected chi connectivity index (χ1v) is 14.1. The molecule has 17 heteroatoms. The number of hydrogen-bond acceptors (Lipinski definition) is 12. The normalized spacial score (nSPS) is 16.6. The number of β-lactam (4-membered cyclic amide) rings is 1.